The van der Waals surface area contributed by atoms with Crippen molar-refractivity contribution in [2.24, 2.45) is 0 Å². The zero-order chi connectivity index (χ0) is 15.7. The first-order valence-electron chi connectivity index (χ1n) is 7.09. The van der Waals surface area contributed by atoms with Crippen LogP contribution < -0.4 is 0 Å². The van der Waals surface area contributed by atoms with Crippen molar-refractivity contribution in [3.8, 4) is 0 Å². The minimum atomic E-state index is -0.954. The van der Waals surface area contributed by atoms with E-state index in [4.69, 9.17) is 5.11 Å². The van der Waals surface area contributed by atoms with Gasteiger partial charge in [0.2, 0.25) is 5.91 Å². The first kappa shape index (κ1) is 15.4. The van der Waals surface area contributed by atoms with E-state index in [1.165, 1.54) is 4.90 Å². The van der Waals surface area contributed by atoms with E-state index in [0.29, 0.717) is 12.8 Å². The van der Waals surface area contributed by atoms with Crippen LogP contribution in [0.15, 0.2) is 22.7 Å². The lowest BCUT2D eigenvalue weighted by atomic mass is 10.2. The molecule has 1 amide bonds. The van der Waals surface area contributed by atoms with Crippen molar-refractivity contribution in [2.75, 3.05) is 6.54 Å². The molecule has 1 aliphatic rings. The second-order valence-corrected chi connectivity index (χ2v) is 7.40. The fraction of sp³-hybridized carbons (Fsp3) is 0.400. The van der Waals surface area contributed by atoms with E-state index in [0.717, 1.165) is 32.5 Å². The van der Waals surface area contributed by atoms with Crippen LogP contribution in [-0.4, -0.2) is 39.5 Å². The molecule has 0 radical (unpaired) electrons. The summed E-state index contributed by atoms with van der Waals surface area (Å²) in [5.41, 5.74) is 0.923. The van der Waals surface area contributed by atoms with Gasteiger partial charge in [0, 0.05) is 23.4 Å². The van der Waals surface area contributed by atoms with E-state index in [9.17, 15) is 9.59 Å². The third kappa shape index (κ3) is 3.64. The van der Waals surface area contributed by atoms with Crippen molar-refractivity contribution in [2.45, 2.75) is 31.7 Å². The maximum absolute atomic E-state index is 12.2. The summed E-state index contributed by atoms with van der Waals surface area (Å²) in [5.74, 6) is -1.05. The summed E-state index contributed by atoms with van der Waals surface area (Å²) in [6.07, 6.45) is 2.69. The molecule has 1 aliphatic carbocycles. The van der Waals surface area contributed by atoms with Gasteiger partial charge in [-0.2, -0.15) is 0 Å². The number of rotatable bonds is 6. The fourth-order valence-electron chi connectivity index (χ4n) is 2.37. The van der Waals surface area contributed by atoms with E-state index in [1.54, 1.807) is 11.3 Å². The topological polar surface area (TPSA) is 70.5 Å². The number of benzene rings is 1. The monoisotopic (exact) mass is 382 g/mol. The summed E-state index contributed by atoms with van der Waals surface area (Å²) >= 11 is 5.00. The molecule has 22 heavy (non-hydrogen) atoms. The highest BCUT2D eigenvalue weighted by Crippen LogP contribution is 2.29. The lowest BCUT2D eigenvalue weighted by Crippen LogP contribution is -2.37. The molecular weight excluding hydrogens is 368 g/mol. The van der Waals surface area contributed by atoms with Crippen LogP contribution in [0.4, 0.5) is 0 Å². The van der Waals surface area contributed by atoms with Gasteiger partial charge in [0.25, 0.3) is 0 Å². The minimum absolute atomic E-state index is 0.0923. The Hall–Kier alpha value is -1.47. The molecule has 5 nitrogen and oxygen atoms in total. The van der Waals surface area contributed by atoms with Crippen molar-refractivity contribution in [1.82, 2.24) is 9.88 Å². The number of aromatic nitrogens is 1. The lowest BCUT2D eigenvalue weighted by molar-refractivity contribution is -0.144. The number of amides is 1. The van der Waals surface area contributed by atoms with Crippen molar-refractivity contribution in [3.05, 3.63) is 27.7 Å². The zero-order valence-electron chi connectivity index (χ0n) is 11.8. The van der Waals surface area contributed by atoms with Gasteiger partial charge < -0.3 is 10.0 Å². The molecule has 3 rings (SSSR count). The summed E-state index contributed by atoms with van der Waals surface area (Å²) in [5, 5.41) is 9.82. The Morgan fingerprint density at radius 1 is 1.41 bits per heavy atom. The van der Waals surface area contributed by atoms with E-state index < -0.39 is 5.97 Å². The van der Waals surface area contributed by atoms with E-state index in [-0.39, 0.29) is 18.5 Å². The predicted octanol–water partition coefficient (Wildman–Crippen LogP) is 3.07. The van der Waals surface area contributed by atoms with Crippen molar-refractivity contribution < 1.29 is 14.7 Å². The molecule has 1 aromatic carbocycles. The minimum Gasteiger partial charge on any atom is -0.480 e. The Bertz CT molecular complexity index is 727. The smallest absolute Gasteiger partial charge is 0.323 e. The molecular formula is C15H15BrN2O3S. The molecule has 1 saturated carbocycles. The van der Waals surface area contributed by atoms with Gasteiger partial charge in [-0.25, -0.2) is 4.98 Å². The Labute approximate surface area is 140 Å². The number of halogens is 1. The quantitative estimate of drug-likeness (QED) is 0.833. The first-order chi connectivity index (χ1) is 10.5. The molecule has 1 aromatic heterocycles. The van der Waals surface area contributed by atoms with Gasteiger partial charge in [0.1, 0.15) is 6.54 Å². The molecule has 0 unspecified atom stereocenters. The highest BCUT2D eigenvalue weighted by molar-refractivity contribution is 9.10. The molecule has 1 heterocycles. The van der Waals surface area contributed by atoms with Gasteiger partial charge in [-0.15, -0.1) is 11.3 Å². The zero-order valence-corrected chi connectivity index (χ0v) is 14.2. The average Bonchev–Trinajstić information content (AvgIpc) is 3.22. The van der Waals surface area contributed by atoms with Crippen LogP contribution in [0.1, 0.15) is 24.3 Å². The summed E-state index contributed by atoms with van der Waals surface area (Å²) in [7, 11) is 0. The van der Waals surface area contributed by atoms with Crippen LogP contribution in [-0.2, 0) is 16.0 Å². The van der Waals surface area contributed by atoms with Crippen LogP contribution >= 0.6 is 27.3 Å². The number of carboxylic acid groups (broad SMARTS) is 1. The van der Waals surface area contributed by atoms with Crippen molar-refractivity contribution >= 4 is 49.4 Å². The maximum atomic E-state index is 12.2. The fourth-order valence-corrected chi connectivity index (χ4v) is 3.66. The van der Waals surface area contributed by atoms with Crippen LogP contribution in [0.3, 0.4) is 0 Å². The second-order valence-electron chi connectivity index (χ2n) is 5.37. The number of aryl methyl sites for hydroxylation is 1. The van der Waals surface area contributed by atoms with Gasteiger partial charge in [0.15, 0.2) is 0 Å². The molecule has 1 fully saturated rings. The average molecular weight is 383 g/mol. The Balaban J connectivity index is 1.64. The van der Waals surface area contributed by atoms with Crippen molar-refractivity contribution in [1.29, 1.82) is 0 Å². The maximum Gasteiger partial charge on any atom is 0.323 e. The largest absolute Gasteiger partial charge is 0.480 e. The summed E-state index contributed by atoms with van der Waals surface area (Å²) in [4.78, 5) is 29.1. The lowest BCUT2D eigenvalue weighted by Gasteiger charge is -2.19. The number of aliphatic carboxylic acids is 1. The molecule has 0 atom stereocenters. The van der Waals surface area contributed by atoms with Crippen LogP contribution in [0, 0.1) is 0 Å². The number of fused-ring (bicyclic) bond motifs is 1. The standard InChI is InChI=1S/C15H15BrN2O3S/c16-9-1-4-12-11(7-9)17-13(22-12)5-6-14(19)18(8-15(20)21)10-2-3-10/h1,4,7,10H,2-3,5-6,8H2,(H,20,21). The number of thiazole rings is 1. The number of hydrogen-bond acceptors (Lipinski definition) is 4. The highest BCUT2D eigenvalue weighted by atomic mass is 79.9. The van der Waals surface area contributed by atoms with Crippen LogP contribution in [0.2, 0.25) is 0 Å². The van der Waals surface area contributed by atoms with Gasteiger partial charge >= 0.3 is 5.97 Å². The highest BCUT2D eigenvalue weighted by Gasteiger charge is 2.33. The molecule has 0 spiro atoms. The first-order valence-corrected chi connectivity index (χ1v) is 8.70. The number of carbonyl (C=O) groups excluding carboxylic acids is 1. The number of nitrogens with zero attached hydrogens (tertiary/aromatic N) is 2. The molecule has 1 N–H and O–H groups in total. The van der Waals surface area contributed by atoms with Crippen LogP contribution in [0.5, 0.6) is 0 Å². The molecule has 0 bridgehead atoms. The Kier molecular flexibility index (Phi) is 4.44. The Morgan fingerprint density at radius 2 is 2.18 bits per heavy atom. The molecule has 116 valence electrons. The molecule has 0 aliphatic heterocycles. The predicted molar refractivity (Wildman–Crippen MR) is 88.0 cm³/mol. The Morgan fingerprint density at radius 3 is 2.86 bits per heavy atom. The summed E-state index contributed by atoms with van der Waals surface area (Å²) in [6, 6.07) is 6.05. The third-order valence-electron chi connectivity index (χ3n) is 3.56. The van der Waals surface area contributed by atoms with Crippen LogP contribution in [0.25, 0.3) is 10.2 Å². The number of carbonyl (C=O) groups is 2. The number of carboxylic acids is 1. The summed E-state index contributed by atoms with van der Waals surface area (Å²) in [6.45, 7) is -0.198. The SMILES string of the molecule is O=C(O)CN(C(=O)CCc1nc2cc(Br)ccc2s1)C1CC1. The number of hydrogen-bond donors (Lipinski definition) is 1. The van der Waals surface area contributed by atoms with Gasteiger partial charge in [0.05, 0.1) is 15.2 Å². The van der Waals surface area contributed by atoms with E-state index in [1.807, 2.05) is 18.2 Å². The van der Waals surface area contributed by atoms with Gasteiger partial charge in [-0.05, 0) is 31.0 Å². The second kappa shape index (κ2) is 6.34. The summed E-state index contributed by atoms with van der Waals surface area (Å²) < 4.78 is 2.07. The normalized spacial score (nSPS) is 14.2. The molecule has 0 saturated heterocycles. The van der Waals surface area contributed by atoms with Crippen molar-refractivity contribution in [3.63, 3.8) is 0 Å². The molecule has 7 heteroatoms. The molecule has 2 aromatic rings. The van der Waals surface area contributed by atoms with E-state index in [2.05, 4.69) is 20.9 Å². The third-order valence-corrected chi connectivity index (χ3v) is 5.15. The van der Waals surface area contributed by atoms with E-state index >= 15 is 0 Å². The van der Waals surface area contributed by atoms with Gasteiger partial charge in [-0.1, -0.05) is 15.9 Å². The van der Waals surface area contributed by atoms with Gasteiger partial charge in [-0.3, -0.25) is 9.59 Å².